The van der Waals surface area contributed by atoms with E-state index in [-0.39, 0.29) is 0 Å². The van der Waals surface area contributed by atoms with Crippen LogP contribution in [-0.2, 0) is 0 Å². The van der Waals surface area contributed by atoms with E-state index >= 15 is 0 Å². The highest BCUT2D eigenvalue weighted by Crippen LogP contribution is 2.09. The fourth-order valence-corrected chi connectivity index (χ4v) is 1.17. The maximum atomic E-state index is 5.73. The first-order valence-electron chi connectivity index (χ1n) is 4.28. The van der Waals surface area contributed by atoms with Gasteiger partial charge in [0.2, 0.25) is 0 Å². The normalized spacial score (nSPS) is 10.4. The van der Waals surface area contributed by atoms with Gasteiger partial charge in [-0.05, 0) is 19.4 Å². The van der Waals surface area contributed by atoms with Gasteiger partial charge in [0.25, 0.3) is 5.95 Å². The molecule has 0 bridgehead atoms. The topological polar surface area (TPSA) is 69.6 Å². The first kappa shape index (κ1) is 8.68. The molecule has 2 aromatic heterocycles. The van der Waals surface area contributed by atoms with Crippen LogP contribution in [0.1, 0.15) is 11.3 Å². The molecular formula is C9H11N5. The molecule has 5 nitrogen and oxygen atoms in total. The van der Waals surface area contributed by atoms with Crippen molar-refractivity contribution in [3.63, 3.8) is 0 Å². The molecule has 0 unspecified atom stereocenters. The molecule has 2 aromatic rings. The molecular weight excluding hydrogens is 178 g/mol. The molecule has 0 aliphatic carbocycles. The average molecular weight is 189 g/mol. The Bertz CT molecular complexity index is 443. The van der Waals surface area contributed by atoms with Crippen LogP contribution in [0.3, 0.4) is 0 Å². The number of nitrogens with zero attached hydrogens (tertiary/aromatic N) is 4. The van der Waals surface area contributed by atoms with Crippen LogP contribution >= 0.6 is 0 Å². The first-order valence-corrected chi connectivity index (χ1v) is 4.28. The summed E-state index contributed by atoms with van der Waals surface area (Å²) in [6.07, 6.45) is 3.47. The van der Waals surface area contributed by atoms with Gasteiger partial charge in [0.15, 0.2) is 0 Å². The Kier molecular flexibility index (Phi) is 1.92. The molecule has 2 heterocycles. The molecule has 2 N–H and O–H groups in total. The Labute approximate surface area is 81.6 Å². The fourth-order valence-electron chi connectivity index (χ4n) is 1.17. The van der Waals surface area contributed by atoms with Crippen molar-refractivity contribution >= 4 is 5.82 Å². The van der Waals surface area contributed by atoms with Crippen LogP contribution in [-0.4, -0.2) is 19.7 Å². The molecule has 0 radical (unpaired) electrons. The van der Waals surface area contributed by atoms with Gasteiger partial charge in [0.05, 0.1) is 5.69 Å². The van der Waals surface area contributed by atoms with Crippen molar-refractivity contribution in [2.75, 3.05) is 5.73 Å². The van der Waals surface area contributed by atoms with Crippen molar-refractivity contribution in [2.45, 2.75) is 13.8 Å². The van der Waals surface area contributed by atoms with Crippen LogP contribution in [0, 0.1) is 13.8 Å². The molecule has 14 heavy (non-hydrogen) atoms. The van der Waals surface area contributed by atoms with Gasteiger partial charge in [-0.2, -0.15) is 9.78 Å². The van der Waals surface area contributed by atoms with Gasteiger partial charge in [0, 0.05) is 18.5 Å². The zero-order chi connectivity index (χ0) is 10.1. The van der Waals surface area contributed by atoms with Crippen LogP contribution in [0.15, 0.2) is 18.5 Å². The third-order valence-electron chi connectivity index (χ3n) is 1.82. The van der Waals surface area contributed by atoms with E-state index in [1.165, 1.54) is 4.68 Å². The summed E-state index contributed by atoms with van der Waals surface area (Å²) in [6, 6.07) is 1.78. The smallest absolute Gasteiger partial charge is 0.252 e. The summed E-state index contributed by atoms with van der Waals surface area (Å²) in [6.45, 7) is 3.81. The maximum Gasteiger partial charge on any atom is 0.252 e. The van der Waals surface area contributed by atoms with E-state index in [4.69, 9.17) is 5.73 Å². The van der Waals surface area contributed by atoms with Crippen LogP contribution < -0.4 is 5.73 Å². The highest BCUT2D eigenvalue weighted by Gasteiger charge is 2.05. The molecule has 0 aromatic carbocycles. The first-order chi connectivity index (χ1) is 6.66. The van der Waals surface area contributed by atoms with Crippen molar-refractivity contribution < 1.29 is 0 Å². The molecule has 0 spiro atoms. The van der Waals surface area contributed by atoms with Gasteiger partial charge in [-0.15, -0.1) is 0 Å². The number of rotatable bonds is 1. The second-order valence-electron chi connectivity index (χ2n) is 3.18. The highest BCUT2D eigenvalue weighted by molar-refractivity contribution is 5.36. The van der Waals surface area contributed by atoms with Crippen molar-refractivity contribution in [1.29, 1.82) is 0 Å². The minimum absolute atomic E-state index is 0.501. The van der Waals surface area contributed by atoms with E-state index in [9.17, 15) is 0 Å². The third-order valence-corrected chi connectivity index (χ3v) is 1.82. The largest absolute Gasteiger partial charge is 0.383 e. The molecule has 0 aliphatic heterocycles. The molecule has 0 aliphatic rings. The maximum absolute atomic E-state index is 5.73. The molecule has 0 amide bonds. The van der Waals surface area contributed by atoms with Crippen molar-refractivity contribution in [3.05, 3.63) is 29.7 Å². The van der Waals surface area contributed by atoms with Gasteiger partial charge in [0.1, 0.15) is 5.82 Å². The minimum Gasteiger partial charge on any atom is -0.383 e. The number of aromatic nitrogens is 4. The van der Waals surface area contributed by atoms with E-state index in [1.807, 2.05) is 13.8 Å². The number of nitrogens with two attached hydrogens (primary N) is 1. The Hall–Kier alpha value is -1.91. The van der Waals surface area contributed by atoms with Crippen LogP contribution in [0.25, 0.3) is 5.95 Å². The van der Waals surface area contributed by atoms with Gasteiger partial charge in [-0.3, -0.25) is 0 Å². The van der Waals surface area contributed by atoms with Crippen LogP contribution in [0.2, 0.25) is 0 Å². The number of hydrogen-bond donors (Lipinski definition) is 1. The standard InChI is InChI=1S/C9H11N5/c1-6-4-11-9(12-5-6)14-8(10)3-7(2)13-14/h3-5H,10H2,1-2H3. The molecule has 2 rings (SSSR count). The van der Waals surface area contributed by atoms with Crippen molar-refractivity contribution in [1.82, 2.24) is 19.7 Å². The van der Waals surface area contributed by atoms with Gasteiger partial charge >= 0.3 is 0 Å². The number of hydrogen-bond acceptors (Lipinski definition) is 4. The Morgan fingerprint density at radius 2 is 1.86 bits per heavy atom. The summed E-state index contributed by atoms with van der Waals surface area (Å²) in [5, 5.41) is 4.18. The minimum atomic E-state index is 0.501. The number of aryl methyl sites for hydroxylation is 2. The lowest BCUT2D eigenvalue weighted by Crippen LogP contribution is -2.06. The highest BCUT2D eigenvalue weighted by atomic mass is 15.4. The molecule has 0 saturated carbocycles. The Morgan fingerprint density at radius 1 is 1.21 bits per heavy atom. The summed E-state index contributed by atoms with van der Waals surface area (Å²) in [4.78, 5) is 8.26. The Morgan fingerprint density at radius 3 is 2.36 bits per heavy atom. The number of nitrogen functional groups attached to an aromatic ring is 1. The monoisotopic (exact) mass is 189 g/mol. The van der Waals surface area contributed by atoms with E-state index in [1.54, 1.807) is 18.5 Å². The van der Waals surface area contributed by atoms with Crippen LogP contribution in [0.5, 0.6) is 0 Å². The van der Waals surface area contributed by atoms with Gasteiger partial charge in [-0.25, -0.2) is 9.97 Å². The van der Waals surface area contributed by atoms with Gasteiger partial charge < -0.3 is 5.73 Å². The lowest BCUT2D eigenvalue weighted by atomic mass is 10.4. The summed E-state index contributed by atoms with van der Waals surface area (Å²) in [5.41, 5.74) is 7.60. The molecule has 72 valence electrons. The third kappa shape index (κ3) is 1.44. The summed E-state index contributed by atoms with van der Waals surface area (Å²) in [5.74, 6) is 1.05. The van der Waals surface area contributed by atoms with E-state index in [2.05, 4.69) is 15.1 Å². The zero-order valence-corrected chi connectivity index (χ0v) is 8.10. The molecule has 0 fully saturated rings. The summed E-state index contributed by atoms with van der Waals surface area (Å²) in [7, 11) is 0. The van der Waals surface area contributed by atoms with E-state index in [0.29, 0.717) is 11.8 Å². The molecule has 0 atom stereocenters. The second kappa shape index (κ2) is 3.10. The van der Waals surface area contributed by atoms with Crippen molar-refractivity contribution in [2.24, 2.45) is 0 Å². The average Bonchev–Trinajstić information content (AvgIpc) is 2.47. The van der Waals surface area contributed by atoms with Crippen LogP contribution in [0.4, 0.5) is 5.82 Å². The fraction of sp³-hybridized carbons (Fsp3) is 0.222. The predicted molar refractivity (Wildman–Crippen MR) is 53.0 cm³/mol. The molecule has 5 heteroatoms. The lowest BCUT2D eigenvalue weighted by molar-refractivity contribution is 0.803. The summed E-state index contributed by atoms with van der Waals surface area (Å²) >= 11 is 0. The second-order valence-corrected chi connectivity index (χ2v) is 3.18. The SMILES string of the molecule is Cc1cnc(-n2nc(C)cc2N)nc1. The molecule has 0 saturated heterocycles. The quantitative estimate of drug-likeness (QED) is 0.722. The van der Waals surface area contributed by atoms with E-state index < -0.39 is 0 Å². The summed E-state index contributed by atoms with van der Waals surface area (Å²) < 4.78 is 1.52. The number of anilines is 1. The predicted octanol–water partition coefficient (Wildman–Crippen LogP) is 0.861. The van der Waals surface area contributed by atoms with Crippen molar-refractivity contribution in [3.8, 4) is 5.95 Å². The Balaban J connectivity index is 2.49. The van der Waals surface area contributed by atoms with Gasteiger partial charge in [-0.1, -0.05) is 0 Å². The zero-order valence-electron chi connectivity index (χ0n) is 8.10. The van der Waals surface area contributed by atoms with E-state index in [0.717, 1.165) is 11.3 Å². The lowest BCUT2D eigenvalue weighted by Gasteiger charge is -2.00.